The Kier molecular flexibility index (Phi) is 5.49. The van der Waals surface area contributed by atoms with Crippen LogP contribution < -0.4 is 9.47 Å². The van der Waals surface area contributed by atoms with E-state index in [-0.39, 0.29) is 29.1 Å². The van der Waals surface area contributed by atoms with Gasteiger partial charge in [-0.1, -0.05) is 0 Å². The van der Waals surface area contributed by atoms with Gasteiger partial charge in [0.1, 0.15) is 5.75 Å². The fourth-order valence-electron chi connectivity index (χ4n) is 2.67. The van der Waals surface area contributed by atoms with E-state index < -0.39 is 11.8 Å². The van der Waals surface area contributed by atoms with E-state index in [1.165, 1.54) is 19.2 Å². The molecule has 1 fully saturated rings. The summed E-state index contributed by atoms with van der Waals surface area (Å²) in [5.41, 5.74) is -0.0316. The van der Waals surface area contributed by atoms with Gasteiger partial charge in [0.25, 0.3) is 0 Å². The first-order chi connectivity index (χ1) is 10.6. The average molecular weight is 309 g/mol. The van der Waals surface area contributed by atoms with Gasteiger partial charge >= 0.3 is 5.97 Å². The molecule has 1 saturated carbocycles. The molecule has 120 valence electrons. The Hall–Kier alpha value is -1.95. The van der Waals surface area contributed by atoms with Crippen molar-refractivity contribution < 1.29 is 23.4 Å². The van der Waals surface area contributed by atoms with Crippen LogP contribution in [-0.2, 0) is 9.53 Å². The molecular weight excluding hydrogens is 289 g/mol. The molecule has 0 bridgehead atoms. The van der Waals surface area contributed by atoms with Gasteiger partial charge in [-0.2, -0.15) is 0 Å². The van der Waals surface area contributed by atoms with E-state index in [1.807, 2.05) is 0 Å². The first-order valence-corrected chi connectivity index (χ1v) is 7.22. The van der Waals surface area contributed by atoms with Crippen LogP contribution in [0.2, 0.25) is 0 Å². The largest absolute Gasteiger partial charge is 0.496 e. The van der Waals surface area contributed by atoms with E-state index in [0.29, 0.717) is 12.8 Å². The highest BCUT2D eigenvalue weighted by atomic mass is 19.1. The third kappa shape index (κ3) is 3.44. The molecular formula is C16H20FNO4. The average Bonchev–Trinajstić information content (AvgIpc) is 2.56. The van der Waals surface area contributed by atoms with E-state index in [9.17, 15) is 9.18 Å². The normalized spacial score (nSPS) is 21.2. The van der Waals surface area contributed by atoms with Gasteiger partial charge in [-0.25, -0.2) is 4.39 Å². The van der Waals surface area contributed by atoms with Crippen molar-refractivity contribution in [3.63, 3.8) is 0 Å². The highest BCUT2D eigenvalue weighted by Gasteiger charge is 2.28. The number of methoxy groups -OCH3 is 2. The molecule has 0 unspecified atom stereocenters. The fraction of sp³-hybridized carbons (Fsp3) is 0.500. The summed E-state index contributed by atoms with van der Waals surface area (Å²) in [6.45, 7) is 0. The smallest absolute Gasteiger partial charge is 0.314 e. The summed E-state index contributed by atoms with van der Waals surface area (Å²) in [4.78, 5) is 12.2. The summed E-state index contributed by atoms with van der Waals surface area (Å²) in [6, 6.07) is 2.83. The molecule has 0 aliphatic heterocycles. The zero-order valence-corrected chi connectivity index (χ0v) is 12.7. The van der Waals surface area contributed by atoms with Crippen LogP contribution in [0.5, 0.6) is 11.5 Å². The van der Waals surface area contributed by atoms with E-state index in [1.54, 1.807) is 7.11 Å². The Morgan fingerprint density at radius 1 is 1.23 bits per heavy atom. The second kappa shape index (κ2) is 7.35. The van der Waals surface area contributed by atoms with Gasteiger partial charge < -0.3 is 19.6 Å². The first-order valence-electron chi connectivity index (χ1n) is 7.22. The van der Waals surface area contributed by atoms with Crippen molar-refractivity contribution in [1.29, 1.82) is 5.41 Å². The second-order valence-corrected chi connectivity index (χ2v) is 5.27. The SMILES string of the molecule is COc1ccc(OC(=O)C2CCC(OC)CC2)c(F)c1C=N. The highest BCUT2D eigenvalue weighted by Crippen LogP contribution is 2.31. The number of carbonyl (C=O) groups is 1. The Labute approximate surface area is 128 Å². The van der Waals surface area contributed by atoms with Crippen molar-refractivity contribution >= 4 is 12.2 Å². The Morgan fingerprint density at radius 3 is 2.41 bits per heavy atom. The predicted octanol–water partition coefficient (Wildman–Crippen LogP) is 2.94. The maximum Gasteiger partial charge on any atom is 0.314 e. The van der Waals surface area contributed by atoms with Crippen molar-refractivity contribution in [2.45, 2.75) is 31.8 Å². The van der Waals surface area contributed by atoms with Gasteiger partial charge in [-0.15, -0.1) is 0 Å². The Morgan fingerprint density at radius 2 is 1.86 bits per heavy atom. The van der Waals surface area contributed by atoms with Gasteiger partial charge in [0.05, 0.1) is 24.7 Å². The van der Waals surface area contributed by atoms with Gasteiger partial charge in [-0.3, -0.25) is 4.79 Å². The van der Waals surface area contributed by atoms with Crippen LogP contribution in [0, 0.1) is 17.1 Å². The van der Waals surface area contributed by atoms with Crippen LogP contribution in [-0.4, -0.2) is 32.5 Å². The second-order valence-electron chi connectivity index (χ2n) is 5.27. The topological polar surface area (TPSA) is 68.6 Å². The number of nitrogens with one attached hydrogen (secondary N) is 1. The summed E-state index contributed by atoms with van der Waals surface area (Å²) < 4.78 is 29.7. The molecule has 0 aromatic heterocycles. The monoisotopic (exact) mass is 309 g/mol. The number of hydrogen-bond acceptors (Lipinski definition) is 5. The molecule has 0 radical (unpaired) electrons. The third-order valence-electron chi connectivity index (χ3n) is 4.02. The van der Waals surface area contributed by atoms with Crippen LogP contribution >= 0.6 is 0 Å². The van der Waals surface area contributed by atoms with E-state index in [4.69, 9.17) is 19.6 Å². The lowest BCUT2D eigenvalue weighted by Crippen LogP contribution is -2.28. The summed E-state index contributed by atoms with van der Waals surface area (Å²) in [5.74, 6) is -1.37. The van der Waals surface area contributed by atoms with Crippen molar-refractivity contribution in [3.8, 4) is 11.5 Å². The van der Waals surface area contributed by atoms with Crippen molar-refractivity contribution in [2.24, 2.45) is 5.92 Å². The van der Waals surface area contributed by atoms with Crippen molar-refractivity contribution in [1.82, 2.24) is 0 Å². The lowest BCUT2D eigenvalue weighted by molar-refractivity contribution is -0.141. The number of rotatable bonds is 5. The number of halogens is 1. The third-order valence-corrected chi connectivity index (χ3v) is 4.02. The molecule has 6 heteroatoms. The molecule has 1 aliphatic rings. The molecule has 1 aromatic rings. The van der Waals surface area contributed by atoms with Crippen molar-refractivity contribution in [2.75, 3.05) is 14.2 Å². The summed E-state index contributed by atoms with van der Waals surface area (Å²) >= 11 is 0. The lowest BCUT2D eigenvalue weighted by Gasteiger charge is -2.26. The van der Waals surface area contributed by atoms with Gasteiger partial charge in [-0.05, 0) is 37.8 Å². The molecule has 22 heavy (non-hydrogen) atoms. The first kappa shape index (κ1) is 16.4. The van der Waals surface area contributed by atoms with Gasteiger partial charge in [0, 0.05) is 13.3 Å². The van der Waals surface area contributed by atoms with Crippen LogP contribution in [0.15, 0.2) is 12.1 Å². The number of benzene rings is 1. The molecule has 1 N–H and O–H groups in total. The predicted molar refractivity (Wildman–Crippen MR) is 79.2 cm³/mol. The minimum absolute atomic E-state index is 0.0316. The maximum absolute atomic E-state index is 14.2. The minimum atomic E-state index is -0.756. The number of esters is 1. The van der Waals surface area contributed by atoms with Crippen LogP contribution in [0.3, 0.4) is 0 Å². The zero-order valence-electron chi connectivity index (χ0n) is 12.7. The molecule has 5 nitrogen and oxygen atoms in total. The van der Waals surface area contributed by atoms with Gasteiger partial charge in [0.15, 0.2) is 11.6 Å². The molecule has 0 saturated heterocycles. The standard InChI is InChI=1S/C16H20FNO4/c1-20-11-5-3-10(4-6-11)16(19)22-14-8-7-13(21-2)12(9-18)15(14)17/h7-11,18H,3-6H2,1-2H3. The van der Waals surface area contributed by atoms with Gasteiger partial charge in [0.2, 0.25) is 0 Å². The molecule has 0 amide bonds. The molecule has 2 rings (SSSR count). The molecule has 0 atom stereocenters. The van der Waals surface area contributed by atoms with E-state index in [0.717, 1.165) is 19.1 Å². The summed E-state index contributed by atoms with van der Waals surface area (Å²) in [5, 5.41) is 7.25. The fourth-order valence-corrected chi connectivity index (χ4v) is 2.67. The van der Waals surface area contributed by atoms with E-state index in [2.05, 4.69) is 0 Å². The number of ether oxygens (including phenoxy) is 3. The van der Waals surface area contributed by atoms with Crippen LogP contribution in [0.1, 0.15) is 31.2 Å². The quantitative estimate of drug-likeness (QED) is 0.516. The summed E-state index contributed by atoms with van der Waals surface area (Å²) in [6.07, 6.45) is 3.97. The summed E-state index contributed by atoms with van der Waals surface area (Å²) in [7, 11) is 3.05. The minimum Gasteiger partial charge on any atom is -0.496 e. The number of hydrogen-bond donors (Lipinski definition) is 1. The van der Waals surface area contributed by atoms with Crippen molar-refractivity contribution in [3.05, 3.63) is 23.5 Å². The highest BCUT2D eigenvalue weighted by molar-refractivity contribution is 5.83. The molecule has 0 spiro atoms. The number of carbonyl (C=O) groups excluding carboxylic acids is 1. The lowest BCUT2D eigenvalue weighted by atomic mass is 9.87. The Bertz CT molecular complexity index is 553. The molecule has 1 aromatic carbocycles. The van der Waals surface area contributed by atoms with E-state index >= 15 is 0 Å². The molecule has 1 aliphatic carbocycles. The van der Waals surface area contributed by atoms with Crippen LogP contribution in [0.25, 0.3) is 0 Å². The maximum atomic E-state index is 14.2. The Balaban J connectivity index is 2.07. The molecule has 0 heterocycles. The zero-order chi connectivity index (χ0) is 16.1. The van der Waals surface area contributed by atoms with Crippen LogP contribution in [0.4, 0.5) is 4.39 Å².